The molecule has 0 unspecified atom stereocenters. The van der Waals surface area contributed by atoms with E-state index in [1.807, 2.05) is 0 Å². The Kier molecular flexibility index (Phi) is 5.83. The van der Waals surface area contributed by atoms with Gasteiger partial charge in [-0.15, -0.1) is 0 Å². The SMILES string of the molecule is COc1ccc(/C(=N\OS(=O)(=O)c2ccc(C)cc2)C(=O)O)cc1OC. The molecular weight excluding hydrogens is 362 g/mol. The Hall–Kier alpha value is -3.07. The highest BCUT2D eigenvalue weighted by Gasteiger charge is 2.20. The van der Waals surface area contributed by atoms with Crippen molar-refractivity contribution >= 4 is 21.8 Å². The summed E-state index contributed by atoms with van der Waals surface area (Å²) < 4.78 is 39.1. The molecule has 0 heterocycles. The van der Waals surface area contributed by atoms with Crippen LogP contribution in [0, 0.1) is 6.92 Å². The first kappa shape index (κ1) is 19.3. The molecule has 0 fully saturated rings. The lowest BCUT2D eigenvalue weighted by molar-refractivity contribution is -0.129. The number of carboxylic acid groups (broad SMARTS) is 1. The lowest BCUT2D eigenvalue weighted by atomic mass is 10.1. The van der Waals surface area contributed by atoms with Gasteiger partial charge in [-0.05, 0) is 37.3 Å². The number of nitrogens with zero attached hydrogens (tertiary/aromatic N) is 1. The zero-order valence-electron chi connectivity index (χ0n) is 14.3. The molecule has 0 bridgehead atoms. The van der Waals surface area contributed by atoms with Crippen LogP contribution >= 0.6 is 0 Å². The fourth-order valence-corrected chi connectivity index (χ4v) is 2.76. The van der Waals surface area contributed by atoms with Gasteiger partial charge < -0.3 is 14.6 Å². The zero-order chi connectivity index (χ0) is 19.3. The number of hydrogen-bond acceptors (Lipinski definition) is 7. The summed E-state index contributed by atoms with van der Waals surface area (Å²) in [5.74, 6) is -0.814. The Morgan fingerprint density at radius 3 is 2.15 bits per heavy atom. The van der Waals surface area contributed by atoms with Crippen molar-refractivity contribution in [1.29, 1.82) is 0 Å². The van der Waals surface area contributed by atoms with Gasteiger partial charge in [0.15, 0.2) is 17.2 Å². The van der Waals surface area contributed by atoms with E-state index in [1.54, 1.807) is 19.1 Å². The van der Waals surface area contributed by atoms with Gasteiger partial charge in [0, 0.05) is 5.56 Å². The standard InChI is InChI=1S/C17H17NO7S/c1-11-4-7-13(8-5-11)26(21,22)25-18-16(17(19)20)12-6-9-14(23-2)15(10-12)24-3/h4-10H,1-3H3,(H,19,20)/b18-16+. The van der Waals surface area contributed by atoms with Gasteiger partial charge in [-0.2, -0.15) is 8.42 Å². The molecule has 2 rings (SSSR count). The van der Waals surface area contributed by atoms with Crippen LogP contribution in [0.15, 0.2) is 52.5 Å². The summed E-state index contributed by atoms with van der Waals surface area (Å²) in [5, 5.41) is 12.7. The molecule has 0 saturated carbocycles. The Balaban J connectivity index is 2.38. The maximum atomic E-state index is 12.2. The van der Waals surface area contributed by atoms with Crippen LogP contribution in [0.5, 0.6) is 11.5 Å². The monoisotopic (exact) mass is 379 g/mol. The first-order valence-corrected chi connectivity index (χ1v) is 8.73. The number of benzene rings is 2. The number of rotatable bonds is 7. The third kappa shape index (κ3) is 4.31. The fraction of sp³-hybridized carbons (Fsp3) is 0.176. The number of ether oxygens (including phenoxy) is 2. The van der Waals surface area contributed by atoms with E-state index < -0.39 is 21.8 Å². The van der Waals surface area contributed by atoms with Gasteiger partial charge in [0.05, 0.1) is 14.2 Å². The minimum Gasteiger partial charge on any atom is -0.493 e. The summed E-state index contributed by atoms with van der Waals surface area (Å²) >= 11 is 0. The average Bonchev–Trinajstić information content (AvgIpc) is 2.61. The van der Waals surface area contributed by atoms with Crippen molar-refractivity contribution in [3.05, 3.63) is 53.6 Å². The van der Waals surface area contributed by atoms with E-state index in [0.29, 0.717) is 5.75 Å². The maximum Gasteiger partial charge on any atom is 0.358 e. The topological polar surface area (TPSA) is 111 Å². The summed E-state index contributed by atoms with van der Waals surface area (Å²) in [6.45, 7) is 1.80. The average molecular weight is 379 g/mol. The molecule has 0 aliphatic carbocycles. The molecule has 1 N–H and O–H groups in total. The largest absolute Gasteiger partial charge is 0.493 e. The van der Waals surface area contributed by atoms with Crippen LogP contribution < -0.4 is 9.47 Å². The van der Waals surface area contributed by atoms with Crippen LogP contribution in [0.2, 0.25) is 0 Å². The van der Waals surface area contributed by atoms with Crippen LogP contribution in [-0.4, -0.2) is 39.4 Å². The minimum absolute atomic E-state index is 0.0919. The predicted molar refractivity (Wildman–Crippen MR) is 93.2 cm³/mol. The summed E-state index contributed by atoms with van der Waals surface area (Å²) in [5.41, 5.74) is 0.361. The van der Waals surface area contributed by atoms with Crippen LogP contribution in [0.1, 0.15) is 11.1 Å². The maximum absolute atomic E-state index is 12.2. The minimum atomic E-state index is -4.25. The molecular formula is C17H17NO7S. The summed E-state index contributed by atoms with van der Waals surface area (Å²) in [6.07, 6.45) is 0. The Morgan fingerprint density at radius 2 is 1.62 bits per heavy atom. The highest BCUT2D eigenvalue weighted by molar-refractivity contribution is 7.86. The van der Waals surface area contributed by atoms with E-state index in [1.165, 1.54) is 44.6 Å². The van der Waals surface area contributed by atoms with Crippen molar-refractivity contribution in [3.63, 3.8) is 0 Å². The van der Waals surface area contributed by atoms with Crippen molar-refractivity contribution < 1.29 is 32.1 Å². The quantitative estimate of drug-likeness (QED) is 0.580. The van der Waals surface area contributed by atoms with Gasteiger partial charge in [-0.3, -0.25) is 4.28 Å². The number of carbonyl (C=O) groups is 1. The van der Waals surface area contributed by atoms with Crippen LogP contribution in [0.4, 0.5) is 0 Å². The lowest BCUT2D eigenvalue weighted by Gasteiger charge is -2.09. The number of aliphatic carboxylic acids is 1. The summed E-state index contributed by atoms with van der Waals surface area (Å²) in [4.78, 5) is 11.3. The number of hydrogen-bond donors (Lipinski definition) is 1. The molecule has 9 heteroatoms. The van der Waals surface area contributed by atoms with Gasteiger partial charge >= 0.3 is 16.1 Å². The third-order valence-electron chi connectivity index (χ3n) is 3.40. The second kappa shape index (κ2) is 7.87. The number of carboxylic acids is 1. The summed E-state index contributed by atoms with van der Waals surface area (Å²) in [6, 6.07) is 10.1. The smallest absolute Gasteiger partial charge is 0.358 e. The van der Waals surface area contributed by atoms with Crippen molar-refractivity contribution in [2.24, 2.45) is 5.16 Å². The summed E-state index contributed by atoms with van der Waals surface area (Å²) in [7, 11) is -1.43. The Morgan fingerprint density at radius 1 is 1.00 bits per heavy atom. The molecule has 0 aromatic heterocycles. The molecule has 0 radical (unpaired) electrons. The number of methoxy groups -OCH3 is 2. The van der Waals surface area contributed by atoms with Gasteiger partial charge in [0.2, 0.25) is 0 Å². The molecule has 0 spiro atoms. The predicted octanol–water partition coefficient (Wildman–Crippen LogP) is 2.21. The highest BCUT2D eigenvalue weighted by atomic mass is 32.2. The molecule has 0 saturated heterocycles. The second-order valence-electron chi connectivity index (χ2n) is 5.16. The van der Waals surface area contributed by atoms with E-state index >= 15 is 0 Å². The molecule has 26 heavy (non-hydrogen) atoms. The van der Waals surface area contributed by atoms with Crippen molar-refractivity contribution in [2.45, 2.75) is 11.8 Å². The molecule has 0 atom stereocenters. The molecule has 0 aliphatic heterocycles. The van der Waals surface area contributed by atoms with E-state index in [2.05, 4.69) is 9.44 Å². The Labute approximate surface area is 150 Å². The van der Waals surface area contributed by atoms with E-state index in [0.717, 1.165) is 5.56 Å². The van der Waals surface area contributed by atoms with E-state index in [-0.39, 0.29) is 16.2 Å². The van der Waals surface area contributed by atoms with Crippen molar-refractivity contribution in [2.75, 3.05) is 14.2 Å². The van der Waals surface area contributed by atoms with Crippen LogP contribution in [-0.2, 0) is 19.2 Å². The molecule has 138 valence electrons. The molecule has 8 nitrogen and oxygen atoms in total. The van der Waals surface area contributed by atoms with Crippen molar-refractivity contribution in [1.82, 2.24) is 0 Å². The first-order chi connectivity index (χ1) is 12.3. The zero-order valence-corrected chi connectivity index (χ0v) is 15.1. The lowest BCUT2D eigenvalue weighted by Crippen LogP contribution is -2.16. The number of oxime groups is 1. The molecule has 0 aliphatic rings. The van der Waals surface area contributed by atoms with E-state index in [4.69, 9.17) is 9.47 Å². The molecule has 2 aromatic rings. The number of aryl methyl sites for hydroxylation is 1. The third-order valence-corrected chi connectivity index (χ3v) is 4.52. The first-order valence-electron chi connectivity index (χ1n) is 7.32. The van der Waals surface area contributed by atoms with Gasteiger partial charge in [-0.25, -0.2) is 4.79 Å². The second-order valence-corrected chi connectivity index (χ2v) is 6.69. The van der Waals surface area contributed by atoms with Gasteiger partial charge in [0.1, 0.15) is 4.90 Å². The van der Waals surface area contributed by atoms with Gasteiger partial charge in [-0.1, -0.05) is 22.9 Å². The van der Waals surface area contributed by atoms with E-state index in [9.17, 15) is 18.3 Å². The molecule has 0 amide bonds. The molecule has 2 aromatic carbocycles. The van der Waals surface area contributed by atoms with Crippen LogP contribution in [0.25, 0.3) is 0 Å². The van der Waals surface area contributed by atoms with Crippen LogP contribution in [0.3, 0.4) is 0 Å². The van der Waals surface area contributed by atoms with Gasteiger partial charge in [0.25, 0.3) is 0 Å². The van der Waals surface area contributed by atoms with Crippen molar-refractivity contribution in [3.8, 4) is 11.5 Å². The Bertz CT molecular complexity index is 934. The normalized spacial score (nSPS) is 11.7. The fourth-order valence-electron chi connectivity index (χ4n) is 2.03. The highest BCUT2D eigenvalue weighted by Crippen LogP contribution is 2.28.